The summed E-state index contributed by atoms with van der Waals surface area (Å²) in [5.41, 5.74) is 2.42. The second kappa shape index (κ2) is 7.34. The van der Waals surface area contributed by atoms with E-state index < -0.39 is 0 Å². The first kappa shape index (κ1) is 17.5. The number of aliphatic imine (C=N–C) groups is 1. The lowest BCUT2D eigenvalue weighted by molar-refractivity contribution is -0.115. The van der Waals surface area contributed by atoms with Crippen molar-refractivity contribution in [2.45, 2.75) is 0 Å². The predicted octanol–water partition coefficient (Wildman–Crippen LogP) is 4.73. The van der Waals surface area contributed by atoms with Crippen LogP contribution in [-0.4, -0.2) is 20.7 Å². The fraction of sp³-hybridized carbons (Fsp3) is 0. The van der Waals surface area contributed by atoms with Crippen LogP contribution < -0.4 is 5.32 Å². The molecule has 0 bridgehead atoms. The van der Waals surface area contributed by atoms with Gasteiger partial charge >= 0.3 is 0 Å². The number of aromatic hydroxyl groups is 1. The summed E-state index contributed by atoms with van der Waals surface area (Å²) >= 11 is 7.25. The smallest absolute Gasteiger partial charge is 0.264 e. The van der Waals surface area contributed by atoms with Gasteiger partial charge in [0.25, 0.3) is 5.91 Å². The van der Waals surface area contributed by atoms with Gasteiger partial charge in [-0.25, -0.2) is 4.99 Å². The Morgan fingerprint density at radius 2 is 1.93 bits per heavy atom. The summed E-state index contributed by atoms with van der Waals surface area (Å²) in [6.45, 7) is 0. The number of phenolic OH excluding ortho intramolecular Hbond substituents is 1. The molecule has 1 aliphatic heterocycles. The van der Waals surface area contributed by atoms with Gasteiger partial charge in [-0.15, -0.1) is 0 Å². The van der Waals surface area contributed by atoms with Crippen molar-refractivity contribution >= 4 is 46.2 Å². The first-order valence-electron chi connectivity index (χ1n) is 8.10. The molecule has 0 unspecified atom stereocenters. The van der Waals surface area contributed by atoms with Crippen molar-refractivity contribution in [3.63, 3.8) is 0 Å². The average molecular weight is 396 g/mol. The zero-order chi connectivity index (χ0) is 18.8. The highest BCUT2D eigenvalue weighted by molar-refractivity contribution is 8.18. The highest BCUT2D eigenvalue weighted by Crippen LogP contribution is 2.29. The van der Waals surface area contributed by atoms with Gasteiger partial charge in [-0.05, 0) is 72.4 Å². The van der Waals surface area contributed by atoms with Crippen molar-refractivity contribution in [1.82, 2.24) is 9.88 Å². The number of benzene rings is 2. The van der Waals surface area contributed by atoms with Crippen molar-refractivity contribution in [3.8, 4) is 11.4 Å². The van der Waals surface area contributed by atoms with Crippen LogP contribution in [0, 0.1) is 0 Å². The summed E-state index contributed by atoms with van der Waals surface area (Å²) in [6.07, 6.45) is 3.71. The standard InChI is InChI=1S/C20H14ClN3O2S/c21-13-3-1-4-14(11-13)22-20-23-19(26)18(27-20)12-16-5-2-10-24(16)15-6-8-17(25)9-7-15/h1-12,25H,(H,22,23,26)/b18-12-. The topological polar surface area (TPSA) is 66.6 Å². The predicted molar refractivity (Wildman–Crippen MR) is 110 cm³/mol. The molecule has 1 amide bonds. The SMILES string of the molecule is O=C1NC(=Nc2cccc(Cl)c2)S/C1=C\c1cccn1-c1ccc(O)cc1. The molecule has 1 fully saturated rings. The molecule has 0 atom stereocenters. The number of amidine groups is 1. The Morgan fingerprint density at radius 3 is 2.70 bits per heavy atom. The van der Waals surface area contributed by atoms with Crippen LogP contribution in [0.2, 0.25) is 5.02 Å². The molecule has 1 saturated heterocycles. The Balaban J connectivity index is 1.61. The van der Waals surface area contributed by atoms with E-state index in [1.807, 2.05) is 53.2 Å². The summed E-state index contributed by atoms with van der Waals surface area (Å²) in [5.74, 6) is 0.0117. The number of amides is 1. The fourth-order valence-electron chi connectivity index (χ4n) is 2.64. The van der Waals surface area contributed by atoms with Crippen molar-refractivity contribution in [3.05, 3.63) is 82.5 Å². The van der Waals surface area contributed by atoms with Crippen LogP contribution in [0.1, 0.15) is 5.69 Å². The van der Waals surface area contributed by atoms with Gasteiger partial charge in [-0.3, -0.25) is 4.79 Å². The number of rotatable bonds is 3. The molecular weight excluding hydrogens is 382 g/mol. The van der Waals surface area contributed by atoms with E-state index in [9.17, 15) is 9.90 Å². The third-order valence-corrected chi connectivity index (χ3v) is 5.02. The van der Waals surface area contributed by atoms with Crippen LogP contribution in [0.15, 0.2) is 76.8 Å². The van der Waals surface area contributed by atoms with E-state index in [1.165, 1.54) is 11.8 Å². The molecule has 4 rings (SSSR count). The van der Waals surface area contributed by atoms with Gasteiger partial charge in [0, 0.05) is 22.6 Å². The second-order valence-corrected chi connectivity index (χ2v) is 7.25. The second-order valence-electron chi connectivity index (χ2n) is 5.78. The number of aromatic nitrogens is 1. The molecule has 5 nitrogen and oxygen atoms in total. The summed E-state index contributed by atoms with van der Waals surface area (Å²) in [6, 6.07) is 17.8. The Bertz CT molecular complexity index is 1070. The lowest BCUT2D eigenvalue weighted by atomic mass is 10.3. The molecule has 27 heavy (non-hydrogen) atoms. The Hall–Kier alpha value is -2.96. The molecule has 1 aliphatic rings. The maximum Gasteiger partial charge on any atom is 0.264 e. The molecule has 2 aromatic carbocycles. The summed E-state index contributed by atoms with van der Waals surface area (Å²) in [7, 11) is 0. The molecule has 2 N–H and O–H groups in total. The van der Waals surface area contributed by atoms with E-state index in [1.54, 1.807) is 24.3 Å². The zero-order valence-corrected chi connectivity index (χ0v) is 15.5. The normalized spacial score (nSPS) is 16.9. The number of nitrogens with one attached hydrogen (secondary N) is 1. The van der Waals surface area contributed by atoms with E-state index >= 15 is 0 Å². The van der Waals surface area contributed by atoms with Crippen molar-refractivity contribution in [2.75, 3.05) is 0 Å². The maximum absolute atomic E-state index is 12.3. The van der Waals surface area contributed by atoms with Crippen molar-refractivity contribution < 1.29 is 9.90 Å². The van der Waals surface area contributed by atoms with E-state index in [4.69, 9.17) is 11.6 Å². The first-order chi connectivity index (χ1) is 13.1. The van der Waals surface area contributed by atoms with E-state index in [2.05, 4.69) is 10.3 Å². The molecule has 134 valence electrons. The van der Waals surface area contributed by atoms with E-state index in [-0.39, 0.29) is 11.7 Å². The van der Waals surface area contributed by atoms with Gasteiger partial charge < -0.3 is 15.0 Å². The van der Waals surface area contributed by atoms with Crippen molar-refractivity contribution in [1.29, 1.82) is 0 Å². The summed E-state index contributed by atoms with van der Waals surface area (Å²) in [5, 5.41) is 13.3. The van der Waals surface area contributed by atoms with Crippen LogP contribution >= 0.6 is 23.4 Å². The van der Waals surface area contributed by atoms with Crippen LogP contribution in [0.3, 0.4) is 0 Å². The Morgan fingerprint density at radius 1 is 1.11 bits per heavy atom. The highest BCUT2D eigenvalue weighted by atomic mass is 35.5. The Labute approximate surface area is 165 Å². The van der Waals surface area contributed by atoms with Gasteiger partial charge in [-0.2, -0.15) is 0 Å². The fourth-order valence-corrected chi connectivity index (χ4v) is 3.65. The summed E-state index contributed by atoms with van der Waals surface area (Å²) in [4.78, 5) is 17.3. The number of hydrogen-bond acceptors (Lipinski definition) is 4. The first-order valence-corrected chi connectivity index (χ1v) is 9.30. The van der Waals surface area contributed by atoms with Gasteiger partial charge in [0.2, 0.25) is 0 Å². The average Bonchev–Trinajstić information content (AvgIpc) is 3.23. The molecule has 0 saturated carbocycles. The lowest BCUT2D eigenvalue weighted by Gasteiger charge is -2.06. The number of hydrogen-bond donors (Lipinski definition) is 2. The molecule has 1 aromatic heterocycles. The third-order valence-electron chi connectivity index (χ3n) is 3.88. The number of phenols is 1. The molecule has 7 heteroatoms. The largest absolute Gasteiger partial charge is 0.508 e. The number of carbonyl (C=O) groups excluding carboxylic acids is 1. The van der Waals surface area contributed by atoms with Gasteiger partial charge in [0.15, 0.2) is 5.17 Å². The molecule has 0 radical (unpaired) electrons. The number of halogens is 1. The van der Waals surface area contributed by atoms with Crippen LogP contribution in [0.25, 0.3) is 11.8 Å². The van der Waals surface area contributed by atoms with Crippen LogP contribution in [0.5, 0.6) is 5.75 Å². The monoisotopic (exact) mass is 395 g/mol. The minimum absolute atomic E-state index is 0.195. The number of carbonyl (C=O) groups is 1. The van der Waals surface area contributed by atoms with Crippen molar-refractivity contribution in [2.24, 2.45) is 4.99 Å². The van der Waals surface area contributed by atoms with E-state index in [0.29, 0.717) is 20.8 Å². The minimum atomic E-state index is -0.195. The number of nitrogens with zero attached hydrogens (tertiary/aromatic N) is 2. The minimum Gasteiger partial charge on any atom is -0.508 e. The lowest BCUT2D eigenvalue weighted by Crippen LogP contribution is -2.19. The van der Waals surface area contributed by atoms with Crippen LogP contribution in [-0.2, 0) is 4.79 Å². The Kier molecular flexibility index (Phi) is 4.75. The molecule has 0 spiro atoms. The quantitative estimate of drug-likeness (QED) is 0.630. The van der Waals surface area contributed by atoms with Gasteiger partial charge in [0.1, 0.15) is 5.75 Å². The van der Waals surface area contributed by atoms with Gasteiger partial charge in [0.05, 0.1) is 10.6 Å². The molecular formula is C20H14ClN3O2S. The van der Waals surface area contributed by atoms with Gasteiger partial charge in [-0.1, -0.05) is 17.7 Å². The highest BCUT2D eigenvalue weighted by Gasteiger charge is 2.24. The van der Waals surface area contributed by atoms with E-state index in [0.717, 1.165) is 11.4 Å². The number of thioether (sulfide) groups is 1. The van der Waals surface area contributed by atoms with Crippen LogP contribution in [0.4, 0.5) is 5.69 Å². The third kappa shape index (κ3) is 3.92. The molecule has 0 aliphatic carbocycles. The zero-order valence-electron chi connectivity index (χ0n) is 14.0. The maximum atomic E-state index is 12.3. The molecule has 2 heterocycles. The summed E-state index contributed by atoms with van der Waals surface area (Å²) < 4.78 is 1.94. The molecule has 3 aromatic rings.